The van der Waals surface area contributed by atoms with Gasteiger partial charge in [0.15, 0.2) is 0 Å². The lowest BCUT2D eigenvalue weighted by atomic mass is 10.1. The number of nitrogens with two attached hydrogens (primary N) is 1. The zero-order chi connectivity index (χ0) is 15.4. The van der Waals surface area contributed by atoms with Gasteiger partial charge in [0.05, 0.1) is 24.0 Å². The minimum atomic E-state index is -0.198. The number of nitrogen functional groups attached to an aromatic ring is 1. The van der Waals surface area contributed by atoms with Crippen LogP contribution in [-0.2, 0) is 0 Å². The summed E-state index contributed by atoms with van der Waals surface area (Å²) in [4.78, 5) is 12.0. The first-order chi connectivity index (χ1) is 10.0. The Morgan fingerprint density at radius 1 is 1.14 bits per heavy atom. The molecule has 2 aromatic rings. The van der Waals surface area contributed by atoms with Gasteiger partial charge in [-0.2, -0.15) is 0 Å². The van der Waals surface area contributed by atoms with Crippen LogP contribution in [0.4, 0.5) is 17.1 Å². The predicted octanol–water partition coefficient (Wildman–Crippen LogP) is 2.69. The molecule has 4 N–H and O–H groups in total. The third kappa shape index (κ3) is 3.25. The van der Waals surface area contributed by atoms with Gasteiger partial charge in [-0.15, -0.1) is 0 Å². The second kappa shape index (κ2) is 6.17. The molecule has 110 valence electrons. The fraction of sp³-hybridized carbons (Fsp3) is 0.188. The van der Waals surface area contributed by atoms with Gasteiger partial charge >= 0.3 is 0 Å². The van der Waals surface area contributed by atoms with Gasteiger partial charge in [-0.3, -0.25) is 4.79 Å². The molecule has 0 fully saturated rings. The molecule has 0 saturated carbocycles. The quantitative estimate of drug-likeness (QED) is 0.755. The van der Waals surface area contributed by atoms with Crippen molar-refractivity contribution in [3.63, 3.8) is 0 Å². The van der Waals surface area contributed by atoms with E-state index in [2.05, 4.69) is 10.6 Å². The summed E-state index contributed by atoms with van der Waals surface area (Å²) in [5, 5.41) is 5.84. The van der Waals surface area contributed by atoms with Gasteiger partial charge in [-0.1, -0.05) is 6.07 Å². The predicted molar refractivity (Wildman–Crippen MR) is 85.3 cm³/mol. The number of rotatable bonds is 4. The van der Waals surface area contributed by atoms with Crippen LogP contribution >= 0.6 is 0 Å². The molecule has 0 atom stereocenters. The molecular weight excluding hydrogens is 266 g/mol. The van der Waals surface area contributed by atoms with E-state index < -0.39 is 0 Å². The van der Waals surface area contributed by atoms with E-state index in [1.807, 2.05) is 25.1 Å². The van der Waals surface area contributed by atoms with Crippen LogP contribution < -0.4 is 21.1 Å². The second-order valence-electron chi connectivity index (χ2n) is 4.71. The lowest BCUT2D eigenvalue weighted by molar-refractivity contribution is 0.0964. The largest absolute Gasteiger partial charge is 0.495 e. The highest BCUT2D eigenvalue weighted by molar-refractivity contribution is 6.01. The zero-order valence-electron chi connectivity index (χ0n) is 12.4. The van der Waals surface area contributed by atoms with Crippen molar-refractivity contribution in [2.45, 2.75) is 6.92 Å². The summed E-state index contributed by atoms with van der Waals surface area (Å²) in [5.41, 5.74) is 9.35. The molecule has 0 radical (unpaired) electrons. The lowest BCUT2D eigenvalue weighted by Gasteiger charge is -2.15. The summed E-state index contributed by atoms with van der Waals surface area (Å²) in [6, 6.07) is 11.0. The van der Waals surface area contributed by atoms with Crippen LogP contribution in [0.5, 0.6) is 5.75 Å². The summed E-state index contributed by atoms with van der Waals surface area (Å²) in [5.74, 6) is 0.511. The Kier molecular flexibility index (Phi) is 4.33. The first-order valence-corrected chi connectivity index (χ1v) is 6.58. The molecule has 5 heteroatoms. The number of methoxy groups -OCH3 is 1. The van der Waals surface area contributed by atoms with Crippen LogP contribution in [0.25, 0.3) is 0 Å². The van der Waals surface area contributed by atoms with Gasteiger partial charge < -0.3 is 21.1 Å². The normalized spacial score (nSPS) is 10.0. The number of ether oxygens (including phenoxy) is 1. The Morgan fingerprint density at radius 2 is 1.90 bits per heavy atom. The van der Waals surface area contributed by atoms with Crippen LogP contribution in [0.15, 0.2) is 36.4 Å². The average molecular weight is 285 g/mol. The topological polar surface area (TPSA) is 76.4 Å². The molecule has 0 spiro atoms. The molecule has 0 aromatic heterocycles. The summed E-state index contributed by atoms with van der Waals surface area (Å²) >= 11 is 0. The Morgan fingerprint density at radius 3 is 2.57 bits per heavy atom. The van der Waals surface area contributed by atoms with Crippen molar-refractivity contribution in [3.05, 3.63) is 47.5 Å². The summed E-state index contributed by atoms with van der Waals surface area (Å²) in [6.07, 6.45) is 0. The average Bonchev–Trinajstić information content (AvgIpc) is 2.48. The Hall–Kier alpha value is -2.69. The molecular formula is C16H19N3O2. The van der Waals surface area contributed by atoms with E-state index in [-0.39, 0.29) is 5.91 Å². The number of hydrogen-bond acceptors (Lipinski definition) is 4. The number of nitrogens with one attached hydrogen (secondary N) is 2. The van der Waals surface area contributed by atoms with Crippen molar-refractivity contribution in [2.75, 3.05) is 25.2 Å². The molecule has 2 rings (SSSR count). The van der Waals surface area contributed by atoms with Crippen LogP contribution in [-0.4, -0.2) is 20.1 Å². The van der Waals surface area contributed by atoms with Crippen LogP contribution in [0.1, 0.15) is 15.9 Å². The number of carbonyl (C=O) groups excluding carboxylic acids is 1. The smallest absolute Gasteiger partial charge is 0.253 e. The minimum Gasteiger partial charge on any atom is -0.495 e. The van der Waals surface area contributed by atoms with Crippen molar-refractivity contribution in [1.29, 1.82) is 0 Å². The first-order valence-electron chi connectivity index (χ1n) is 6.58. The second-order valence-corrected chi connectivity index (χ2v) is 4.71. The highest BCUT2D eigenvalue weighted by Crippen LogP contribution is 2.30. The van der Waals surface area contributed by atoms with E-state index in [1.165, 1.54) is 0 Å². The number of anilines is 3. The Balaban J connectivity index is 2.44. The van der Waals surface area contributed by atoms with Gasteiger partial charge in [-0.05, 0) is 42.8 Å². The maximum absolute atomic E-state index is 12.0. The molecule has 21 heavy (non-hydrogen) atoms. The van der Waals surface area contributed by atoms with Gasteiger partial charge in [0.2, 0.25) is 0 Å². The molecule has 0 saturated heterocycles. The molecule has 0 aliphatic heterocycles. The highest BCUT2D eigenvalue weighted by Gasteiger charge is 2.12. The van der Waals surface area contributed by atoms with Gasteiger partial charge in [0.1, 0.15) is 5.75 Å². The monoisotopic (exact) mass is 285 g/mol. The Labute approximate surface area is 124 Å². The zero-order valence-corrected chi connectivity index (χ0v) is 12.4. The number of carbonyl (C=O) groups is 1. The van der Waals surface area contributed by atoms with E-state index in [1.54, 1.807) is 32.4 Å². The fourth-order valence-electron chi connectivity index (χ4n) is 2.06. The summed E-state index contributed by atoms with van der Waals surface area (Å²) in [6.45, 7) is 1.99. The highest BCUT2D eigenvalue weighted by atomic mass is 16.5. The van der Waals surface area contributed by atoms with E-state index in [0.717, 1.165) is 11.3 Å². The van der Waals surface area contributed by atoms with Crippen molar-refractivity contribution < 1.29 is 9.53 Å². The molecule has 2 aromatic carbocycles. The van der Waals surface area contributed by atoms with Gasteiger partial charge in [0.25, 0.3) is 5.91 Å². The molecule has 0 aliphatic rings. The fourth-order valence-corrected chi connectivity index (χ4v) is 2.06. The summed E-state index contributed by atoms with van der Waals surface area (Å²) in [7, 11) is 3.20. The van der Waals surface area contributed by atoms with E-state index in [0.29, 0.717) is 22.7 Å². The SMILES string of the molecule is CNC(=O)c1cc(N)ccc1Nc1cc(C)ccc1OC. The number of aryl methyl sites for hydroxylation is 1. The van der Waals surface area contributed by atoms with E-state index in [4.69, 9.17) is 10.5 Å². The maximum atomic E-state index is 12.0. The van der Waals surface area contributed by atoms with E-state index >= 15 is 0 Å². The third-order valence-electron chi connectivity index (χ3n) is 3.14. The molecule has 1 amide bonds. The molecule has 5 nitrogen and oxygen atoms in total. The van der Waals surface area contributed by atoms with Gasteiger partial charge in [0, 0.05) is 12.7 Å². The van der Waals surface area contributed by atoms with Crippen molar-refractivity contribution in [3.8, 4) is 5.75 Å². The van der Waals surface area contributed by atoms with Crippen LogP contribution in [0.2, 0.25) is 0 Å². The summed E-state index contributed by atoms with van der Waals surface area (Å²) < 4.78 is 5.34. The van der Waals surface area contributed by atoms with Crippen LogP contribution in [0, 0.1) is 6.92 Å². The first kappa shape index (κ1) is 14.7. The molecule has 0 aliphatic carbocycles. The maximum Gasteiger partial charge on any atom is 0.253 e. The van der Waals surface area contributed by atoms with Crippen molar-refractivity contribution in [1.82, 2.24) is 5.32 Å². The molecule has 0 heterocycles. The number of hydrogen-bond donors (Lipinski definition) is 3. The molecule has 0 unspecified atom stereocenters. The Bertz CT molecular complexity index is 669. The lowest BCUT2D eigenvalue weighted by Crippen LogP contribution is -2.19. The third-order valence-corrected chi connectivity index (χ3v) is 3.14. The number of amides is 1. The standard InChI is InChI=1S/C16H19N3O2/c1-10-4-7-15(21-3)14(8-10)19-13-6-5-11(17)9-12(13)16(20)18-2/h4-9,19H,17H2,1-3H3,(H,18,20). The van der Waals surface area contributed by atoms with Crippen molar-refractivity contribution >= 4 is 23.0 Å². The van der Waals surface area contributed by atoms with Crippen molar-refractivity contribution in [2.24, 2.45) is 0 Å². The van der Waals surface area contributed by atoms with Gasteiger partial charge in [-0.25, -0.2) is 0 Å². The molecule has 0 bridgehead atoms. The number of benzene rings is 2. The van der Waals surface area contributed by atoms with Crippen LogP contribution in [0.3, 0.4) is 0 Å². The van der Waals surface area contributed by atoms with E-state index in [9.17, 15) is 4.79 Å². The minimum absolute atomic E-state index is 0.198.